The van der Waals surface area contributed by atoms with Crippen molar-refractivity contribution >= 4 is 17.3 Å². The first-order valence-corrected chi connectivity index (χ1v) is 11.6. The second-order valence-electron chi connectivity index (χ2n) is 8.24. The molecule has 0 amide bonds. The summed E-state index contributed by atoms with van der Waals surface area (Å²) >= 11 is 0. The van der Waals surface area contributed by atoms with Crippen molar-refractivity contribution in [2.24, 2.45) is 0 Å². The summed E-state index contributed by atoms with van der Waals surface area (Å²) in [6, 6.07) is 25.0. The predicted octanol–water partition coefficient (Wildman–Crippen LogP) is 5.42. The maximum Gasteiger partial charge on any atom is 0.333 e. The zero-order chi connectivity index (χ0) is 23.0. The lowest BCUT2D eigenvalue weighted by Crippen LogP contribution is -2.26. The van der Waals surface area contributed by atoms with Gasteiger partial charge >= 0.3 is 5.97 Å². The van der Waals surface area contributed by atoms with Crippen LogP contribution in [0.25, 0.3) is 0 Å². The quantitative estimate of drug-likeness (QED) is 0.422. The number of carboxylic acid groups (broad SMARTS) is 1. The van der Waals surface area contributed by atoms with Crippen LogP contribution < -0.4 is 9.64 Å². The van der Waals surface area contributed by atoms with Crippen LogP contribution in [0, 0.1) is 0 Å². The van der Waals surface area contributed by atoms with Crippen LogP contribution in [-0.2, 0) is 28.8 Å². The highest BCUT2D eigenvalue weighted by Gasteiger charge is 2.20. The molecule has 3 aromatic rings. The molecule has 1 unspecified atom stereocenters. The molecule has 33 heavy (non-hydrogen) atoms. The van der Waals surface area contributed by atoms with Crippen molar-refractivity contribution < 1.29 is 19.4 Å². The third-order valence-corrected chi connectivity index (χ3v) is 6.01. The molecule has 1 aliphatic heterocycles. The third-order valence-electron chi connectivity index (χ3n) is 6.01. The van der Waals surface area contributed by atoms with Crippen molar-refractivity contribution in [2.45, 2.75) is 38.7 Å². The van der Waals surface area contributed by atoms with Crippen LogP contribution in [-0.4, -0.2) is 36.9 Å². The number of ether oxygens (including phenoxy) is 2. The molecule has 0 saturated carbocycles. The molecule has 1 aliphatic rings. The van der Waals surface area contributed by atoms with Crippen molar-refractivity contribution in [3.8, 4) is 5.75 Å². The maximum atomic E-state index is 11.3. The van der Waals surface area contributed by atoms with Gasteiger partial charge in [-0.15, -0.1) is 0 Å². The second-order valence-corrected chi connectivity index (χ2v) is 8.24. The van der Waals surface area contributed by atoms with E-state index in [9.17, 15) is 9.90 Å². The first-order chi connectivity index (χ1) is 16.2. The van der Waals surface area contributed by atoms with Gasteiger partial charge in [-0.3, -0.25) is 0 Å². The number of carbonyl (C=O) groups is 1. The minimum atomic E-state index is -0.936. The highest BCUT2D eigenvalue weighted by Crippen LogP contribution is 2.35. The lowest BCUT2D eigenvalue weighted by Gasteiger charge is -2.27. The molecule has 3 aromatic carbocycles. The van der Waals surface area contributed by atoms with Crippen LogP contribution in [0.5, 0.6) is 5.75 Å². The number of hydrogen-bond donors (Lipinski definition) is 1. The Morgan fingerprint density at radius 1 is 0.939 bits per heavy atom. The Hall–Kier alpha value is -3.31. The summed E-state index contributed by atoms with van der Waals surface area (Å²) in [6.45, 7) is 3.66. The van der Waals surface area contributed by atoms with Crippen LogP contribution in [0.3, 0.4) is 0 Å². The zero-order valence-electron chi connectivity index (χ0n) is 19.1. The van der Waals surface area contributed by atoms with Crippen molar-refractivity contribution in [3.63, 3.8) is 0 Å². The van der Waals surface area contributed by atoms with Gasteiger partial charge in [0, 0.05) is 30.9 Å². The number of nitrogens with zero attached hydrogens (tertiary/aromatic N) is 1. The summed E-state index contributed by atoms with van der Waals surface area (Å²) in [5, 5.41) is 9.26. The zero-order valence-corrected chi connectivity index (χ0v) is 19.1. The van der Waals surface area contributed by atoms with Gasteiger partial charge in [0.1, 0.15) is 5.75 Å². The molecule has 0 aromatic heterocycles. The van der Waals surface area contributed by atoms with E-state index in [2.05, 4.69) is 53.4 Å². The molecule has 172 valence electrons. The Bertz CT molecular complexity index is 1020. The standard InChI is InChI=1S/C28H31NO4/c1-2-32-27(28(30)31)20-21-12-16-24(17-13-21)33-19-7-18-29-25-10-5-3-8-22(25)14-15-23-9-4-6-11-26(23)29/h3-6,8-13,16-17,27H,2,7,14-15,18-20H2,1H3,(H,30,31). The number of aryl methyl sites for hydroxylation is 2. The average Bonchev–Trinajstić information content (AvgIpc) is 2.99. The number of hydrogen-bond acceptors (Lipinski definition) is 4. The van der Waals surface area contributed by atoms with Crippen molar-refractivity contribution in [1.82, 2.24) is 0 Å². The molecular formula is C28H31NO4. The van der Waals surface area contributed by atoms with Gasteiger partial charge in [0.05, 0.1) is 6.61 Å². The molecule has 0 aliphatic carbocycles. The lowest BCUT2D eigenvalue weighted by molar-refractivity contribution is -0.149. The highest BCUT2D eigenvalue weighted by atomic mass is 16.5. The van der Waals surface area contributed by atoms with Gasteiger partial charge in [-0.05, 0) is 67.1 Å². The van der Waals surface area contributed by atoms with E-state index in [-0.39, 0.29) is 0 Å². The average molecular weight is 446 g/mol. The summed E-state index contributed by atoms with van der Waals surface area (Å²) in [5.74, 6) is -0.146. The fourth-order valence-electron chi connectivity index (χ4n) is 4.38. The maximum absolute atomic E-state index is 11.3. The van der Waals surface area contributed by atoms with Gasteiger partial charge in [0.15, 0.2) is 6.10 Å². The summed E-state index contributed by atoms with van der Waals surface area (Å²) in [6.07, 6.45) is 2.52. The van der Waals surface area contributed by atoms with Crippen LogP contribution in [0.1, 0.15) is 30.0 Å². The predicted molar refractivity (Wildman–Crippen MR) is 131 cm³/mol. The van der Waals surface area contributed by atoms with Gasteiger partial charge in [-0.2, -0.15) is 0 Å². The molecule has 1 atom stereocenters. The Morgan fingerprint density at radius 3 is 2.12 bits per heavy atom. The fourth-order valence-corrected chi connectivity index (χ4v) is 4.38. The second kappa shape index (κ2) is 11.0. The topological polar surface area (TPSA) is 59.0 Å². The Kier molecular flexibility index (Phi) is 7.63. The normalized spacial score (nSPS) is 13.5. The van der Waals surface area contributed by atoms with Crippen LogP contribution in [0.4, 0.5) is 11.4 Å². The van der Waals surface area contributed by atoms with Crippen LogP contribution in [0.15, 0.2) is 72.8 Å². The number of carboxylic acids is 1. The molecule has 0 bridgehead atoms. The summed E-state index contributed by atoms with van der Waals surface area (Å²) in [7, 11) is 0. The van der Waals surface area contributed by atoms with Crippen LogP contribution >= 0.6 is 0 Å². The number of anilines is 2. The van der Waals surface area contributed by atoms with E-state index >= 15 is 0 Å². The minimum absolute atomic E-state index is 0.344. The van der Waals surface area contributed by atoms with E-state index < -0.39 is 12.1 Å². The summed E-state index contributed by atoms with van der Waals surface area (Å²) in [5.41, 5.74) is 6.26. The highest BCUT2D eigenvalue weighted by molar-refractivity contribution is 5.73. The largest absolute Gasteiger partial charge is 0.494 e. The molecular weight excluding hydrogens is 414 g/mol. The number of aliphatic carboxylic acids is 1. The summed E-state index contributed by atoms with van der Waals surface area (Å²) in [4.78, 5) is 13.7. The molecule has 1 N–H and O–H groups in total. The summed E-state index contributed by atoms with van der Waals surface area (Å²) < 4.78 is 11.3. The van der Waals surface area contributed by atoms with Gasteiger partial charge in [-0.1, -0.05) is 48.5 Å². The Morgan fingerprint density at radius 2 is 1.55 bits per heavy atom. The third kappa shape index (κ3) is 5.74. The first kappa shape index (κ1) is 22.9. The van der Waals surface area contributed by atoms with Gasteiger partial charge in [0.2, 0.25) is 0 Å². The minimum Gasteiger partial charge on any atom is -0.494 e. The first-order valence-electron chi connectivity index (χ1n) is 11.6. The molecule has 4 rings (SSSR count). The Balaban J connectivity index is 1.35. The van der Waals surface area contributed by atoms with E-state index in [4.69, 9.17) is 9.47 Å². The van der Waals surface area contributed by atoms with E-state index in [1.807, 2.05) is 24.3 Å². The van der Waals surface area contributed by atoms with Crippen LogP contribution in [0.2, 0.25) is 0 Å². The molecule has 0 fully saturated rings. The fraction of sp³-hybridized carbons (Fsp3) is 0.321. The molecule has 0 saturated heterocycles. The van der Waals surface area contributed by atoms with E-state index in [0.717, 1.165) is 37.1 Å². The molecule has 1 heterocycles. The molecule has 0 spiro atoms. The SMILES string of the molecule is CCOC(Cc1ccc(OCCCN2c3ccccc3CCc3ccccc32)cc1)C(=O)O. The number of rotatable bonds is 10. The molecule has 5 nitrogen and oxygen atoms in total. The van der Waals surface area contributed by atoms with Gasteiger partial charge in [0.25, 0.3) is 0 Å². The Labute approximate surface area is 195 Å². The van der Waals surface area contributed by atoms with E-state index in [1.165, 1.54) is 22.5 Å². The number of para-hydroxylation sites is 2. The molecule has 5 heteroatoms. The van der Waals surface area contributed by atoms with Gasteiger partial charge < -0.3 is 19.5 Å². The van der Waals surface area contributed by atoms with Crippen molar-refractivity contribution in [1.29, 1.82) is 0 Å². The number of fused-ring (bicyclic) bond motifs is 2. The monoisotopic (exact) mass is 445 g/mol. The lowest BCUT2D eigenvalue weighted by atomic mass is 10.0. The molecule has 0 radical (unpaired) electrons. The van der Waals surface area contributed by atoms with E-state index in [0.29, 0.717) is 19.6 Å². The smallest absolute Gasteiger partial charge is 0.333 e. The van der Waals surface area contributed by atoms with Crippen molar-refractivity contribution in [3.05, 3.63) is 89.5 Å². The van der Waals surface area contributed by atoms with Crippen molar-refractivity contribution in [2.75, 3.05) is 24.7 Å². The van der Waals surface area contributed by atoms with Gasteiger partial charge in [-0.25, -0.2) is 4.79 Å². The van der Waals surface area contributed by atoms with E-state index in [1.54, 1.807) is 6.92 Å². The number of benzene rings is 3.